The third-order valence-electron chi connectivity index (χ3n) is 4.51. The zero-order valence-electron chi connectivity index (χ0n) is 11.9. The van der Waals surface area contributed by atoms with Gasteiger partial charge in [0.2, 0.25) is 0 Å². The van der Waals surface area contributed by atoms with Crippen molar-refractivity contribution in [1.82, 2.24) is 4.90 Å². The summed E-state index contributed by atoms with van der Waals surface area (Å²) in [5, 5.41) is 0. The van der Waals surface area contributed by atoms with Gasteiger partial charge < -0.3 is 9.47 Å². The smallest absolute Gasteiger partial charge is 0.326 e. The third kappa shape index (κ3) is 2.34. The number of methoxy groups -OCH3 is 1. The Morgan fingerprint density at radius 3 is 2.95 bits per heavy atom. The van der Waals surface area contributed by atoms with Gasteiger partial charge in [-0.2, -0.15) is 0 Å². The molecule has 0 amide bonds. The number of rotatable bonds is 4. The van der Waals surface area contributed by atoms with Crippen molar-refractivity contribution in [3.8, 4) is 0 Å². The average molecular weight is 275 g/mol. The van der Waals surface area contributed by atoms with Crippen LogP contribution in [0, 0.1) is 0 Å². The van der Waals surface area contributed by atoms with Gasteiger partial charge in [0.25, 0.3) is 0 Å². The molecule has 2 atom stereocenters. The van der Waals surface area contributed by atoms with Crippen molar-refractivity contribution in [1.29, 1.82) is 0 Å². The molecule has 2 saturated heterocycles. The molecule has 2 fully saturated rings. The third-order valence-corrected chi connectivity index (χ3v) is 4.51. The van der Waals surface area contributed by atoms with Crippen LogP contribution in [0.3, 0.4) is 0 Å². The minimum absolute atomic E-state index is 0.0965. The Morgan fingerprint density at radius 1 is 1.40 bits per heavy atom. The summed E-state index contributed by atoms with van der Waals surface area (Å²) in [6.45, 7) is 2.42. The van der Waals surface area contributed by atoms with Crippen LogP contribution >= 0.6 is 0 Å². The molecule has 0 N–H and O–H groups in total. The Kier molecular flexibility index (Phi) is 3.76. The summed E-state index contributed by atoms with van der Waals surface area (Å²) in [6, 6.07) is 10.2. The molecule has 0 bridgehead atoms. The maximum absolute atomic E-state index is 12.1. The molecule has 108 valence electrons. The van der Waals surface area contributed by atoms with Crippen LogP contribution in [-0.2, 0) is 20.9 Å². The number of nitrogens with zero attached hydrogens (tertiary/aromatic N) is 1. The minimum Gasteiger partial charge on any atom is -0.468 e. The van der Waals surface area contributed by atoms with Gasteiger partial charge in [0, 0.05) is 13.0 Å². The van der Waals surface area contributed by atoms with Crippen LogP contribution < -0.4 is 0 Å². The van der Waals surface area contributed by atoms with E-state index in [1.165, 1.54) is 12.7 Å². The molecule has 2 heterocycles. The van der Waals surface area contributed by atoms with E-state index in [4.69, 9.17) is 9.47 Å². The number of fused-ring (bicyclic) bond motifs is 1. The average Bonchev–Trinajstić information content (AvgIpc) is 3.03. The predicted molar refractivity (Wildman–Crippen MR) is 75.2 cm³/mol. The van der Waals surface area contributed by atoms with E-state index in [0.717, 1.165) is 32.4 Å². The van der Waals surface area contributed by atoms with E-state index in [1.54, 1.807) is 0 Å². The summed E-state index contributed by atoms with van der Waals surface area (Å²) < 4.78 is 11.0. The number of carbonyl (C=O) groups is 1. The SMILES string of the molecule is COC(=O)[C@]12CCCN1C[C@H](OCc1ccccc1)C2. The first-order valence-corrected chi connectivity index (χ1v) is 7.23. The Morgan fingerprint density at radius 2 is 2.20 bits per heavy atom. The number of benzene rings is 1. The number of hydrogen-bond donors (Lipinski definition) is 0. The fourth-order valence-corrected chi connectivity index (χ4v) is 3.52. The van der Waals surface area contributed by atoms with E-state index in [1.807, 2.05) is 18.2 Å². The van der Waals surface area contributed by atoms with Crippen LogP contribution in [0.2, 0.25) is 0 Å². The predicted octanol–water partition coefficient (Wildman–Crippen LogP) is 1.98. The van der Waals surface area contributed by atoms with Crippen molar-refractivity contribution in [2.24, 2.45) is 0 Å². The molecule has 0 aromatic heterocycles. The first-order valence-electron chi connectivity index (χ1n) is 7.23. The van der Waals surface area contributed by atoms with Gasteiger partial charge in [-0.25, -0.2) is 0 Å². The molecule has 4 nitrogen and oxygen atoms in total. The Balaban J connectivity index is 1.62. The normalized spacial score (nSPS) is 29.4. The topological polar surface area (TPSA) is 38.8 Å². The van der Waals surface area contributed by atoms with E-state index in [0.29, 0.717) is 6.61 Å². The first-order chi connectivity index (χ1) is 9.74. The molecule has 0 radical (unpaired) electrons. The lowest BCUT2D eigenvalue weighted by molar-refractivity contribution is -0.152. The monoisotopic (exact) mass is 275 g/mol. The molecule has 20 heavy (non-hydrogen) atoms. The van der Waals surface area contributed by atoms with E-state index in [9.17, 15) is 4.79 Å². The standard InChI is InChI=1S/C16H21NO3/c1-19-15(18)16-8-5-9-17(16)11-14(10-16)20-12-13-6-3-2-4-7-13/h2-4,6-7,14H,5,8-12H2,1H3/t14-,16-/m1/s1. The summed E-state index contributed by atoms with van der Waals surface area (Å²) >= 11 is 0. The molecule has 0 aliphatic carbocycles. The molecule has 0 saturated carbocycles. The molecular weight excluding hydrogens is 254 g/mol. The van der Waals surface area contributed by atoms with Gasteiger partial charge in [-0.1, -0.05) is 30.3 Å². The van der Waals surface area contributed by atoms with Crippen LogP contribution in [-0.4, -0.2) is 42.7 Å². The van der Waals surface area contributed by atoms with Crippen LogP contribution in [0.25, 0.3) is 0 Å². The van der Waals surface area contributed by atoms with Crippen LogP contribution in [0.1, 0.15) is 24.8 Å². The zero-order valence-corrected chi connectivity index (χ0v) is 11.9. The molecule has 3 rings (SSSR count). The second-order valence-electron chi connectivity index (χ2n) is 5.70. The first kappa shape index (κ1) is 13.6. The number of ether oxygens (including phenoxy) is 2. The highest BCUT2D eigenvalue weighted by Gasteiger charge is 2.54. The van der Waals surface area contributed by atoms with Crippen LogP contribution in [0.5, 0.6) is 0 Å². The lowest BCUT2D eigenvalue weighted by Gasteiger charge is -2.27. The summed E-state index contributed by atoms with van der Waals surface area (Å²) in [7, 11) is 1.48. The summed E-state index contributed by atoms with van der Waals surface area (Å²) in [4.78, 5) is 14.4. The quantitative estimate of drug-likeness (QED) is 0.788. The van der Waals surface area contributed by atoms with Crippen molar-refractivity contribution >= 4 is 5.97 Å². The maximum atomic E-state index is 12.1. The van der Waals surface area contributed by atoms with Crippen molar-refractivity contribution in [3.63, 3.8) is 0 Å². The second-order valence-corrected chi connectivity index (χ2v) is 5.70. The van der Waals surface area contributed by atoms with E-state index < -0.39 is 5.54 Å². The van der Waals surface area contributed by atoms with E-state index >= 15 is 0 Å². The Labute approximate surface area is 119 Å². The van der Waals surface area contributed by atoms with Crippen LogP contribution in [0.15, 0.2) is 30.3 Å². The highest BCUT2D eigenvalue weighted by Crippen LogP contribution is 2.40. The number of hydrogen-bond acceptors (Lipinski definition) is 4. The Bertz CT molecular complexity index is 476. The van der Waals surface area contributed by atoms with Gasteiger partial charge in [0.15, 0.2) is 0 Å². The van der Waals surface area contributed by atoms with Gasteiger partial charge in [-0.05, 0) is 24.9 Å². The van der Waals surface area contributed by atoms with Crippen molar-refractivity contribution in [2.75, 3.05) is 20.2 Å². The van der Waals surface area contributed by atoms with Crippen molar-refractivity contribution in [3.05, 3.63) is 35.9 Å². The highest BCUT2D eigenvalue weighted by atomic mass is 16.5. The molecule has 4 heteroatoms. The molecule has 0 spiro atoms. The fraction of sp³-hybridized carbons (Fsp3) is 0.562. The molecule has 2 aliphatic rings. The van der Waals surface area contributed by atoms with Crippen molar-refractivity contribution in [2.45, 2.75) is 37.5 Å². The second kappa shape index (κ2) is 5.54. The molecule has 1 aromatic carbocycles. The van der Waals surface area contributed by atoms with Gasteiger partial charge in [0.1, 0.15) is 5.54 Å². The fourth-order valence-electron chi connectivity index (χ4n) is 3.52. The molecule has 0 unspecified atom stereocenters. The Hall–Kier alpha value is -1.39. The molecule has 2 aliphatic heterocycles. The van der Waals surface area contributed by atoms with E-state index in [-0.39, 0.29) is 12.1 Å². The summed E-state index contributed by atoms with van der Waals surface area (Å²) in [5.74, 6) is -0.0965. The van der Waals surface area contributed by atoms with Gasteiger partial charge in [-0.3, -0.25) is 9.69 Å². The van der Waals surface area contributed by atoms with Gasteiger partial charge in [0.05, 0.1) is 19.8 Å². The lowest BCUT2D eigenvalue weighted by atomic mass is 9.93. The number of carbonyl (C=O) groups excluding carboxylic acids is 1. The molecular formula is C16H21NO3. The largest absolute Gasteiger partial charge is 0.468 e. The minimum atomic E-state index is -0.421. The van der Waals surface area contributed by atoms with Crippen LogP contribution in [0.4, 0.5) is 0 Å². The number of esters is 1. The lowest BCUT2D eigenvalue weighted by Crippen LogP contribution is -2.46. The summed E-state index contributed by atoms with van der Waals surface area (Å²) in [6.07, 6.45) is 2.84. The highest BCUT2D eigenvalue weighted by molar-refractivity contribution is 5.81. The van der Waals surface area contributed by atoms with E-state index in [2.05, 4.69) is 17.0 Å². The maximum Gasteiger partial charge on any atom is 0.326 e. The zero-order chi connectivity index (χ0) is 14.0. The van der Waals surface area contributed by atoms with Gasteiger partial charge in [-0.15, -0.1) is 0 Å². The van der Waals surface area contributed by atoms with Gasteiger partial charge >= 0.3 is 5.97 Å². The molecule has 1 aromatic rings. The summed E-state index contributed by atoms with van der Waals surface area (Å²) in [5.41, 5.74) is 0.752. The van der Waals surface area contributed by atoms with Crippen molar-refractivity contribution < 1.29 is 14.3 Å².